The van der Waals surface area contributed by atoms with Crippen molar-refractivity contribution in [1.29, 1.82) is 0 Å². The number of para-hydroxylation sites is 1. The molecule has 2 unspecified atom stereocenters. The van der Waals surface area contributed by atoms with Crippen LogP contribution in [-0.2, 0) is 4.74 Å². The summed E-state index contributed by atoms with van der Waals surface area (Å²) in [6, 6.07) is 6.44. The number of alkyl halides is 3. The molecule has 29 heavy (non-hydrogen) atoms. The molecule has 1 saturated carbocycles. The zero-order valence-corrected chi connectivity index (χ0v) is 17.0. The van der Waals surface area contributed by atoms with E-state index < -0.39 is 6.36 Å². The molecule has 3 rings (SSSR count). The van der Waals surface area contributed by atoms with E-state index in [0.29, 0.717) is 18.0 Å². The van der Waals surface area contributed by atoms with Crippen LogP contribution in [0.25, 0.3) is 0 Å². The van der Waals surface area contributed by atoms with Crippen LogP contribution in [0.2, 0.25) is 0 Å². The first-order chi connectivity index (χ1) is 13.9. The highest BCUT2D eigenvalue weighted by Crippen LogP contribution is 2.45. The number of nitrogens with zero attached hydrogens (tertiary/aromatic N) is 2. The van der Waals surface area contributed by atoms with E-state index in [-0.39, 0.29) is 17.7 Å². The van der Waals surface area contributed by atoms with E-state index in [1.54, 1.807) is 18.2 Å². The Bertz CT molecular complexity index is 690. The lowest BCUT2D eigenvalue weighted by Gasteiger charge is -2.27. The molecule has 1 heterocycles. The average molecular weight is 413 g/mol. The lowest BCUT2D eigenvalue weighted by Crippen LogP contribution is -2.41. The van der Waals surface area contributed by atoms with E-state index in [0.717, 1.165) is 51.4 Å². The lowest BCUT2D eigenvalue weighted by atomic mass is 9.96. The molecule has 0 radical (unpaired) electrons. The fraction of sp³-hybridized carbons (Fsp3) is 0.667. The highest BCUT2D eigenvalue weighted by Gasteiger charge is 2.42. The Morgan fingerprint density at radius 2 is 2.00 bits per heavy atom. The second kappa shape index (κ2) is 9.69. The lowest BCUT2D eigenvalue weighted by molar-refractivity contribution is -0.274. The van der Waals surface area contributed by atoms with Gasteiger partial charge in [-0.1, -0.05) is 18.2 Å². The van der Waals surface area contributed by atoms with Gasteiger partial charge in [-0.3, -0.25) is 4.99 Å². The van der Waals surface area contributed by atoms with Gasteiger partial charge in [0.25, 0.3) is 0 Å². The molecule has 2 fully saturated rings. The van der Waals surface area contributed by atoms with Gasteiger partial charge in [0.05, 0.1) is 0 Å². The van der Waals surface area contributed by atoms with Crippen LogP contribution in [0.3, 0.4) is 0 Å². The standard InChI is InChI=1S/C21H30F3N3O2/c1-3-25-20(27(2)11-8-15-9-12-28-13-10-15)26-18-14-17(18)16-6-4-5-7-19(16)29-21(22,23)24/h4-7,15,17-18H,3,8-14H2,1-2H3,(H,25,26). The molecule has 0 amide bonds. The van der Waals surface area contributed by atoms with Crippen LogP contribution in [0.15, 0.2) is 29.3 Å². The quantitative estimate of drug-likeness (QED) is 0.539. The molecule has 0 bridgehead atoms. The summed E-state index contributed by atoms with van der Waals surface area (Å²) in [4.78, 5) is 6.69. The van der Waals surface area contributed by atoms with Crippen molar-refractivity contribution >= 4 is 5.96 Å². The molecular formula is C21H30F3N3O2. The summed E-state index contributed by atoms with van der Waals surface area (Å²) in [6.07, 6.45) is -0.646. The molecule has 0 spiro atoms. The van der Waals surface area contributed by atoms with Gasteiger partial charge >= 0.3 is 6.36 Å². The van der Waals surface area contributed by atoms with Crippen molar-refractivity contribution in [2.75, 3.05) is 33.4 Å². The minimum Gasteiger partial charge on any atom is -0.405 e. The number of aliphatic imine (C=N–C) groups is 1. The summed E-state index contributed by atoms with van der Waals surface area (Å²) in [5.74, 6) is 1.35. The summed E-state index contributed by atoms with van der Waals surface area (Å²) in [6.45, 7) is 5.19. The minimum atomic E-state index is -4.69. The van der Waals surface area contributed by atoms with Crippen molar-refractivity contribution < 1.29 is 22.6 Å². The molecule has 1 aliphatic carbocycles. The van der Waals surface area contributed by atoms with Crippen molar-refractivity contribution in [2.45, 2.75) is 50.9 Å². The molecular weight excluding hydrogens is 383 g/mol. The van der Waals surface area contributed by atoms with Gasteiger partial charge in [-0.2, -0.15) is 0 Å². The first-order valence-electron chi connectivity index (χ1n) is 10.3. The van der Waals surface area contributed by atoms with Gasteiger partial charge in [0, 0.05) is 45.3 Å². The molecule has 1 aliphatic heterocycles. The van der Waals surface area contributed by atoms with Gasteiger partial charge < -0.3 is 19.7 Å². The maximum Gasteiger partial charge on any atom is 0.573 e. The number of hydrogen-bond donors (Lipinski definition) is 1. The highest BCUT2D eigenvalue weighted by atomic mass is 19.4. The Hall–Kier alpha value is -1.96. The highest BCUT2D eigenvalue weighted by molar-refractivity contribution is 5.80. The second-order valence-electron chi connectivity index (χ2n) is 7.74. The Morgan fingerprint density at radius 3 is 2.69 bits per heavy atom. The van der Waals surface area contributed by atoms with Crippen molar-refractivity contribution in [3.05, 3.63) is 29.8 Å². The first kappa shape index (κ1) is 21.7. The third-order valence-corrected chi connectivity index (χ3v) is 5.53. The number of nitrogens with one attached hydrogen (secondary N) is 1. The zero-order valence-electron chi connectivity index (χ0n) is 17.0. The van der Waals surface area contributed by atoms with Crippen LogP contribution in [0.1, 0.15) is 44.1 Å². The van der Waals surface area contributed by atoms with Crippen LogP contribution in [0, 0.1) is 5.92 Å². The Kier molecular flexibility index (Phi) is 7.27. The molecule has 5 nitrogen and oxygen atoms in total. The van der Waals surface area contributed by atoms with E-state index >= 15 is 0 Å². The van der Waals surface area contributed by atoms with Crippen LogP contribution in [0.5, 0.6) is 5.75 Å². The van der Waals surface area contributed by atoms with Gasteiger partial charge in [-0.05, 0) is 50.2 Å². The van der Waals surface area contributed by atoms with Gasteiger partial charge in [-0.25, -0.2) is 0 Å². The summed E-state index contributed by atoms with van der Waals surface area (Å²) < 4.78 is 47.7. The number of benzene rings is 1. The molecule has 8 heteroatoms. The van der Waals surface area contributed by atoms with Crippen molar-refractivity contribution in [3.8, 4) is 5.75 Å². The number of ether oxygens (including phenoxy) is 2. The van der Waals surface area contributed by atoms with E-state index in [9.17, 15) is 13.2 Å². The molecule has 162 valence electrons. The maximum atomic E-state index is 12.7. The molecule has 2 atom stereocenters. The van der Waals surface area contributed by atoms with E-state index in [4.69, 9.17) is 4.74 Å². The number of rotatable bonds is 7. The Morgan fingerprint density at radius 1 is 1.28 bits per heavy atom. The predicted molar refractivity (Wildman–Crippen MR) is 106 cm³/mol. The van der Waals surface area contributed by atoms with Gasteiger partial charge in [0.1, 0.15) is 5.75 Å². The molecule has 1 N–H and O–H groups in total. The summed E-state index contributed by atoms with van der Waals surface area (Å²) in [5, 5.41) is 3.43. The van der Waals surface area contributed by atoms with Crippen LogP contribution >= 0.6 is 0 Å². The monoisotopic (exact) mass is 413 g/mol. The summed E-state index contributed by atoms with van der Waals surface area (Å²) in [5.41, 5.74) is 0.586. The second-order valence-corrected chi connectivity index (χ2v) is 7.74. The van der Waals surface area contributed by atoms with Crippen LogP contribution in [-0.4, -0.2) is 56.6 Å². The maximum absolute atomic E-state index is 12.7. The van der Waals surface area contributed by atoms with Gasteiger partial charge in [0.15, 0.2) is 5.96 Å². The van der Waals surface area contributed by atoms with E-state index in [1.807, 2.05) is 14.0 Å². The number of hydrogen-bond acceptors (Lipinski definition) is 3. The summed E-state index contributed by atoms with van der Waals surface area (Å²) in [7, 11) is 2.01. The smallest absolute Gasteiger partial charge is 0.405 e. The SMILES string of the molecule is CCN=C(NC1CC1c1ccccc1OC(F)(F)F)N(C)CCC1CCOCC1. The molecule has 0 aromatic heterocycles. The van der Waals surface area contributed by atoms with E-state index in [2.05, 4.69) is 19.9 Å². The predicted octanol–water partition coefficient (Wildman–Crippen LogP) is 4.16. The van der Waals surface area contributed by atoms with Crippen LogP contribution < -0.4 is 10.1 Å². The van der Waals surface area contributed by atoms with Gasteiger partial charge in [0.2, 0.25) is 0 Å². The Balaban J connectivity index is 1.57. The molecule has 1 saturated heterocycles. The van der Waals surface area contributed by atoms with E-state index in [1.165, 1.54) is 6.07 Å². The van der Waals surface area contributed by atoms with Crippen molar-refractivity contribution in [2.24, 2.45) is 10.9 Å². The number of halogens is 3. The normalized spacial score (nSPS) is 23.0. The third-order valence-electron chi connectivity index (χ3n) is 5.53. The topological polar surface area (TPSA) is 46.1 Å². The molecule has 1 aromatic rings. The molecule has 2 aliphatic rings. The van der Waals surface area contributed by atoms with Gasteiger partial charge in [-0.15, -0.1) is 13.2 Å². The third kappa shape index (κ3) is 6.52. The van der Waals surface area contributed by atoms with Crippen molar-refractivity contribution in [1.82, 2.24) is 10.2 Å². The fourth-order valence-electron chi connectivity index (χ4n) is 3.81. The zero-order chi connectivity index (χ0) is 20.9. The number of guanidine groups is 1. The van der Waals surface area contributed by atoms with Crippen LogP contribution in [0.4, 0.5) is 13.2 Å². The minimum absolute atomic E-state index is 0.0144. The fourth-order valence-corrected chi connectivity index (χ4v) is 3.81. The Labute approximate surface area is 170 Å². The largest absolute Gasteiger partial charge is 0.573 e. The summed E-state index contributed by atoms with van der Waals surface area (Å²) >= 11 is 0. The average Bonchev–Trinajstić information content (AvgIpc) is 3.45. The van der Waals surface area contributed by atoms with Crippen molar-refractivity contribution in [3.63, 3.8) is 0 Å². The molecule has 1 aromatic carbocycles. The first-order valence-corrected chi connectivity index (χ1v) is 10.3.